The molecule has 1 atom stereocenters. The lowest BCUT2D eigenvalue weighted by molar-refractivity contribution is 0.883. The van der Waals surface area contributed by atoms with Gasteiger partial charge in [-0.1, -0.05) is 30.3 Å². The van der Waals surface area contributed by atoms with Crippen LogP contribution >= 0.6 is 0 Å². The highest BCUT2D eigenvalue weighted by atomic mass is 14.9. The number of hydrogen-bond donors (Lipinski definition) is 1. The topological polar surface area (TPSA) is 24.9 Å². The summed E-state index contributed by atoms with van der Waals surface area (Å²) in [5.74, 6) is 0. The molecule has 1 N–H and O–H groups in total. The van der Waals surface area contributed by atoms with Gasteiger partial charge in [-0.15, -0.1) is 0 Å². The molecular formula is C14H16N2. The fraction of sp³-hybridized carbons (Fsp3) is 0.214. The van der Waals surface area contributed by atoms with Crippen LogP contribution in [0.2, 0.25) is 0 Å². The van der Waals surface area contributed by atoms with E-state index in [1.165, 1.54) is 5.56 Å². The number of rotatable bonds is 3. The minimum absolute atomic E-state index is 0.308. The number of aryl methyl sites for hydroxylation is 1. The molecule has 1 aromatic heterocycles. The first-order chi connectivity index (χ1) is 7.75. The van der Waals surface area contributed by atoms with Crippen LogP contribution in [-0.4, -0.2) is 4.98 Å². The maximum atomic E-state index is 4.18. The van der Waals surface area contributed by atoms with Crippen molar-refractivity contribution in [2.75, 3.05) is 5.32 Å². The van der Waals surface area contributed by atoms with E-state index in [2.05, 4.69) is 47.6 Å². The van der Waals surface area contributed by atoms with Crippen molar-refractivity contribution in [1.82, 2.24) is 4.98 Å². The van der Waals surface area contributed by atoms with Crippen molar-refractivity contribution in [2.45, 2.75) is 19.9 Å². The van der Waals surface area contributed by atoms with Crippen LogP contribution in [0.15, 0.2) is 48.7 Å². The molecule has 16 heavy (non-hydrogen) atoms. The van der Waals surface area contributed by atoms with Gasteiger partial charge in [-0.25, -0.2) is 0 Å². The Hall–Kier alpha value is -1.83. The molecule has 2 nitrogen and oxygen atoms in total. The highest BCUT2D eigenvalue weighted by Gasteiger charge is 2.03. The second-order valence-corrected chi connectivity index (χ2v) is 3.96. The predicted octanol–water partition coefficient (Wildman–Crippen LogP) is 3.56. The van der Waals surface area contributed by atoms with E-state index < -0.39 is 0 Å². The van der Waals surface area contributed by atoms with E-state index in [1.807, 2.05) is 25.3 Å². The number of nitrogens with one attached hydrogen (secondary N) is 1. The van der Waals surface area contributed by atoms with Gasteiger partial charge < -0.3 is 5.32 Å². The van der Waals surface area contributed by atoms with Gasteiger partial charge in [0, 0.05) is 23.6 Å². The Morgan fingerprint density at radius 2 is 1.88 bits per heavy atom. The van der Waals surface area contributed by atoms with Crippen LogP contribution in [0.25, 0.3) is 0 Å². The second kappa shape index (κ2) is 4.79. The summed E-state index contributed by atoms with van der Waals surface area (Å²) in [5, 5.41) is 3.46. The molecule has 0 unspecified atom stereocenters. The van der Waals surface area contributed by atoms with E-state index in [4.69, 9.17) is 0 Å². The average Bonchev–Trinajstić information content (AvgIpc) is 2.30. The quantitative estimate of drug-likeness (QED) is 0.841. The molecule has 0 saturated heterocycles. The smallest absolute Gasteiger partial charge is 0.0485 e. The molecule has 0 aliphatic heterocycles. The molecule has 0 spiro atoms. The van der Waals surface area contributed by atoms with Crippen LogP contribution < -0.4 is 5.32 Å². The van der Waals surface area contributed by atoms with Crippen LogP contribution in [0, 0.1) is 6.92 Å². The molecule has 0 aliphatic carbocycles. The molecular weight excluding hydrogens is 196 g/mol. The Kier molecular flexibility index (Phi) is 3.20. The zero-order chi connectivity index (χ0) is 11.4. The maximum Gasteiger partial charge on any atom is 0.0485 e. The van der Waals surface area contributed by atoms with Gasteiger partial charge in [-0.05, 0) is 31.5 Å². The third-order valence-electron chi connectivity index (χ3n) is 2.58. The van der Waals surface area contributed by atoms with Crippen LogP contribution in [0.5, 0.6) is 0 Å². The van der Waals surface area contributed by atoms with E-state index in [1.54, 1.807) is 0 Å². The molecule has 0 amide bonds. The summed E-state index contributed by atoms with van der Waals surface area (Å²) in [6.45, 7) is 4.16. The number of nitrogens with zero attached hydrogens (tertiary/aromatic N) is 1. The number of pyridine rings is 1. The van der Waals surface area contributed by atoms with Crippen molar-refractivity contribution >= 4 is 5.69 Å². The molecule has 2 heteroatoms. The number of anilines is 1. The largest absolute Gasteiger partial charge is 0.378 e. The van der Waals surface area contributed by atoms with E-state index in [9.17, 15) is 0 Å². The van der Waals surface area contributed by atoms with Gasteiger partial charge in [-0.3, -0.25) is 4.98 Å². The van der Waals surface area contributed by atoms with Gasteiger partial charge in [0.15, 0.2) is 0 Å². The molecule has 0 bridgehead atoms. The Morgan fingerprint density at radius 3 is 2.56 bits per heavy atom. The lowest BCUT2D eigenvalue weighted by Gasteiger charge is -2.15. The zero-order valence-electron chi connectivity index (χ0n) is 9.64. The molecule has 2 rings (SSSR count). The summed E-state index contributed by atoms with van der Waals surface area (Å²) in [7, 11) is 0. The second-order valence-electron chi connectivity index (χ2n) is 3.96. The van der Waals surface area contributed by atoms with E-state index in [0.717, 1.165) is 11.4 Å². The van der Waals surface area contributed by atoms with Crippen LogP contribution in [0.4, 0.5) is 5.69 Å². The van der Waals surface area contributed by atoms with Gasteiger partial charge in [-0.2, -0.15) is 0 Å². The SMILES string of the molecule is Cc1cc(N[C@H](C)c2ccccc2)ccn1. The van der Waals surface area contributed by atoms with E-state index in [-0.39, 0.29) is 0 Å². The third-order valence-corrected chi connectivity index (χ3v) is 2.58. The normalized spacial score (nSPS) is 12.1. The van der Waals surface area contributed by atoms with Gasteiger partial charge in [0.05, 0.1) is 0 Å². The van der Waals surface area contributed by atoms with Crippen molar-refractivity contribution in [3.63, 3.8) is 0 Å². The Labute approximate surface area is 96.4 Å². The van der Waals surface area contributed by atoms with Crippen molar-refractivity contribution in [2.24, 2.45) is 0 Å². The predicted molar refractivity (Wildman–Crippen MR) is 67.5 cm³/mol. The Balaban J connectivity index is 2.11. The van der Waals surface area contributed by atoms with E-state index in [0.29, 0.717) is 6.04 Å². The first-order valence-corrected chi connectivity index (χ1v) is 5.50. The maximum absolute atomic E-state index is 4.18. The summed E-state index contributed by atoms with van der Waals surface area (Å²) in [5.41, 5.74) is 3.44. The lowest BCUT2D eigenvalue weighted by Crippen LogP contribution is -2.06. The standard InChI is InChI=1S/C14H16N2/c1-11-10-14(8-9-15-11)16-12(2)13-6-4-3-5-7-13/h3-10,12H,1-2H3,(H,15,16)/t12-/m1/s1. The first kappa shape index (κ1) is 10.7. The number of aromatic nitrogens is 1. The minimum atomic E-state index is 0.308. The van der Waals surface area contributed by atoms with Gasteiger partial charge >= 0.3 is 0 Å². The number of benzene rings is 1. The third kappa shape index (κ3) is 2.60. The molecule has 1 aromatic carbocycles. The highest BCUT2D eigenvalue weighted by molar-refractivity contribution is 5.45. The van der Waals surface area contributed by atoms with Gasteiger partial charge in [0.1, 0.15) is 0 Å². The molecule has 0 aliphatic rings. The molecule has 82 valence electrons. The Morgan fingerprint density at radius 1 is 1.12 bits per heavy atom. The van der Waals surface area contributed by atoms with Crippen molar-refractivity contribution in [1.29, 1.82) is 0 Å². The molecule has 0 radical (unpaired) electrons. The average molecular weight is 212 g/mol. The van der Waals surface area contributed by atoms with Crippen molar-refractivity contribution in [3.05, 3.63) is 59.9 Å². The molecule has 1 heterocycles. The van der Waals surface area contributed by atoms with Gasteiger partial charge in [0.2, 0.25) is 0 Å². The van der Waals surface area contributed by atoms with Gasteiger partial charge in [0.25, 0.3) is 0 Å². The summed E-state index contributed by atoms with van der Waals surface area (Å²) in [6.07, 6.45) is 1.83. The van der Waals surface area contributed by atoms with Crippen LogP contribution in [0.3, 0.4) is 0 Å². The highest BCUT2D eigenvalue weighted by Crippen LogP contribution is 2.18. The summed E-state index contributed by atoms with van der Waals surface area (Å²) < 4.78 is 0. The van der Waals surface area contributed by atoms with Crippen LogP contribution in [0.1, 0.15) is 24.2 Å². The molecule has 2 aromatic rings. The summed E-state index contributed by atoms with van der Waals surface area (Å²) in [6, 6.07) is 14.8. The van der Waals surface area contributed by atoms with Crippen molar-refractivity contribution in [3.8, 4) is 0 Å². The first-order valence-electron chi connectivity index (χ1n) is 5.50. The Bertz CT molecular complexity index is 451. The van der Waals surface area contributed by atoms with E-state index >= 15 is 0 Å². The van der Waals surface area contributed by atoms with Crippen molar-refractivity contribution < 1.29 is 0 Å². The number of hydrogen-bond acceptors (Lipinski definition) is 2. The summed E-state index contributed by atoms with van der Waals surface area (Å²) >= 11 is 0. The minimum Gasteiger partial charge on any atom is -0.378 e. The molecule has 0 fully saturated rings. The van der Waals surface area contributed by atoms with Crippen LogP contribution in [-0.2, 0) is 0 Å². The summed E-state index contributed by atoms with van der Waals surface area (Å²) in [4.78, 5) is 4.18. The lowest BCUT2D eigenvalue weighted by atomic mass is 10.1. The zero-order valence-corrected chi connectivity index (χ0v) is 9.64. The fourth-order valence-corrected chi connectivity index (χ4v) is 1.71. The molecule has 0 saturated carbocycles. The fourth-order valence-electron chi connectivity index (χ4n) is 1.71. The monoisotopic (exact) mass is 212 g/mol.